The molecule has 0 radical (unpaired) electrons. The summed E-state index contributed by atoms with van der Waals surface area (Å²) < 4.78 is 5.67. The van der Waals surface area contributed by atoms with Crippen LogP contribution in [0.1, 0.15) is 47.7 Å². The van der Waals surface area contributed by atoms with E-state index in [1.807, 2.05) is 65.3 Å². The van der Waals surface area contributed by atoms with E-state index in [0.29, 0.717) is 42.6 Å². The molecule has 39 heavy (non-hydrogen) atoms. The highest BCUT2D eigenvalue weighted by molar-refractivity contribution is 6.31. The van der Waals surface area contributed by atoms with Gasteiger partial charge < -0.3 is 14.5 Å². The van der Waals surface area contributed by atoms with Crippen LogP contribution in [0.5, 0.6) is 5.75 Å². The lowest BCUT2D eigenvalue weighted by atomic mass is 10.1. The Morgan fingerprint density at radius 1 is 0.923 bits per heavy atom. The molecule has 0 aromatic heterocycles. The second-order valence-electron chi connectivity index (χ2n) is 10.3. The fourth-order valence-electron chi connectivity index (χ4n) is 5.17. The zero-order chi connectivity index (χ0) is 27.2. The molecule has 5 rings (SSSR count). The molecule has 0 atom stereocenters. The average molecular weight is 546 g/mol. The van der Waals surface area contributed by atoms with Gasteiger partial charge in [-0.25, -0.2) is 0 Å². The van der Waals surface area contributed by atoms with Crippen molar-refractivity contribution in [3.63, 3.8) is 0 Å². The third-order valence-electron chi connectivity index (χ3n) is 7.36. The first-order valence-electron chi connectivity index (χ1n) is 13.9. The van der Waals surface area contributed by atoms with Gasteiger partial charge in [0.15, 0.2) is 0 Å². The third kappa shape index (κ3) is 7.00. The minimum absolute atomic E-state index is 0.0589. The molecule has 7 heteroatoms. The monoisotopic (exact) mass is 545 g/mol. The van der Waals surface area contributed by atoms with E-state index >= 15 is 0 Å². The van der Waals surface area contributed by atoms with Gasteiger partial charge >= 0.3 is 0 Å². The van der Waals surface area contributed by atoms with Crippen LogP contribution >= 0.6 is 11.6 Å². The molecule has 0 saturated heterocycles. The summed E-state index contributed by atoms with van der Waals surface area (Å²) in [6.07, 6.45) is 2.71. The molecular formula is C32H36ClN3O3. The molecule has 1 heterocycles. The van der Waals surface area contributed by atoms with E-state index < -0.39 is 0 Å². The number of carbonyl (C=O) groups excluding carboxylic acids is 2. The van der Waals surface area contributed by atoms with Crippen LogP contribution in [0.2, 0.25) is 5.02 Å². The van der Waals surface area contributed by atoms with E-state index in [-0.39, 0.29) is 17.7 Å². The highest BCUT2D eigenvalue weighted by Gasteiger charge is 2.35. The number of nitrogens with zero attached hydrogens (tertiary/aromatic N) is 3. The van der Waals surface area contributed by atoms with Crippen LogP contribution in [0, 0.1) is 5.92 Å². The second kappa shape index (κ2) is 12.7. The van der Waals surface area contributed by atoms with Crippen molar-refractivity contribution in [2.75, 3.05) is 37.7 Å². The summed E-state index contributed by atoms with van der Waals surface area (Å²) in [5.41, 5.74) is 3.57. The number of hydrogen-bond donors (Lipinski definition) is 0. The summed E-state index contributed by atoms with van der Waals surface area (Å²) in [7, 11) is 0. The fourth-order valence-corrected chi connectivity index (χ4v) is 5.34. The van der Waals surface area contributed by atoms with Gasteiger partial charge in [0.2, 0.25) is 5.91 Å². The van der Waals surface area contributed by atoms with Gasteiger partial charge in [-0.1, -0.05) is 54.1 Å². The molecule has 2 amide bonds. The normalized spacial score (nSPS) is 16.8. The summed E-state index contributed by atoms with van der Waals surface area (Å²) in [6.45, 7) is 6.37. The maximum absolute atomic E-state index is 13.9. The Bertz CT molecular complexity index is 1290. The molecule has 0 spiro atoms. The number of carbonyl (C=O) groups is 2. The number of fused-ring (bicyclic) bond motifs is 1. The van der Waals surface area contributed by atoms with E-state index in [1.165, 1.54) is 5.56 Å². The zero-order valence-electron chi connectivity index (χ0n) is 22.5. The van der Waals surface area contributed by atoms with Crippen molar-refractivity contribution in [3.05, 3.63) is 94.5 Å². The maximum Gasteiger partial charge on any atom is 0.254 e. The predicted octanol–water partition coefficient (Wildman–Crippen LogP) is 6.03. The molecule has 204 valence electrons. The molecule has 1 aliphatic carbocycles. The molecular weight excluding hydrogens is 510 g/mol. The van der Waals surface area contributed by atoms with Crippen molar-refractivity contribution in [1.82, 2.24) is 9.80 Å². The molecule has 6 nitrogen and oxygen atoms in total. The van der Waals surface area contributed by atoms with Crippen LogP contribution < -0.4 is 9.64 Å². The number of amides is 2. The van der Waals surface area contributed by atoms with Crippen molar-refractivity contribution < 1.29 is 14.3 Å². The van der Waals surface area contributed by atoms with Crippen molar-refractivity contribution in [3.8, 4) is 5.75 Å². The lowest BCUT2D eigenvalue weighted by Crippen LogP contribution is -2.38. The number of ether oxygens (including phenoxy) is 1. The summed E-state index contributed by atoms with van der Waals surface area (Å²) in [5.74, 6) is 0.868. The summed E-state index contributed by atoms with van der Waals surface area (Å²) in [5, 5.41) is 0.588. The largest absolute Gasteiger partial charge is 0.494 e. The number of rotatable bonds is 6. The van der Waals surface area contributed by atoms with Crippen LogP contribution in [-0.4, -0.2) is 54.4 Å². The number of halogens is 1. The number of hydrogen-bond acceptors (Lipinski definition) is 4. The quantitative estimate of drug-likeness (QED) is 0.379. The third-order valence-corrected chi connectivity index (χ3v) is 7.60. The van der Waals surface area contributed by atoms with Crippen LogP contribution in [-0.2, 0) is 17.9 Å². The van der Waals surface area contributed by atoms with Gasteiger partial charge in [-0.3, -0.25) is 14.5 Å². The molecule has 0 bridgehead atoms. The topological polar surface area (TPSA) is 53.1 Å². The van der Waals surface area contributed by atoms with Gasteiger partial charge in [0.1, 0.15) is 5.75 Å². The maximum atomic E-state index is 13.9. The van der Waals surface area contributed by atoms with Crippen LogP contribution in [0.15, 0.2) is 72.8 Å². The second-order valence-corrected chi connectivity index (χ2v) is 10.8. The lowest BCUT2D eigenvalue weighted by molar-refractivity contribution is -0.119. The Labute approximate surface area is 236 Å². The Morgan fingerprint density at radius 2 is 1.74 bits per heavy atom. The zero-order valence-corrected chi connectivity index (χ0v) is 23.3. The van der Waals surface area contributed by atoms with Crippen molar-refractivity contribution in [2.24, 2.45) is 5.92 Å². The lowest BCUT2D eigenvalue weighted by Gasteiger charge is -2.28. The number of benzene rings is 3. The van der Waals surface area contributed by atoms with E-state index in [1.54, 1.807) is 0 Å². The van der Waals surface area contributed by atoms with Gasteiger partial charge in [-0.2, -0.15) is 0 Å². The Hall–Kier alpha value is -3.35. The smallest absolute Gasteiger partial charge is 0.254 e. The Kier molecular flexibility index (Phi) is 8.84. The van der Waals surface area contributed by atoms with E-state index in [9.17, 15) is 9.59 Å². The first-order valence-corrected chi connectivity index (χ1v) is 14.3. The summed E-state index contributed by atoms with van der Waals surface area (Å²) >= 11 is 6.46. The minimum Gasteiger partial charge on any atom is -0.494 e. The molecule has 2 aliphatic rings. The van der Waals surface area contributed by atoms with Crippen molar-refractivity contribution >= 4 is 29.1 Å². The Balaban J connectivity index is 1.49. The van der Waals surface area contributed by atoms with E-state index in [0.717, 1.165) is 50.1 Å². The Morgan fingerprint density at radius 3 is 2.51 bits per heavy atom. The van der Waals surface area contributed by atoms with Crippen LogP contribution in [0.25, 0.3) is 0 Å². The average Bonchev–Trinajstić information content (AvgIpc) is 3.80. The highest BCUT2D eigenvalue weighted by atomic mass is 35.5. The molecule has 1 aliphatic heterocycles. The fraction of sp³-hybridized carbons (Fsp3) is 0.375. The predicted molar refractivity (Wildman–Crippen MR) is 155 cm³/mol. The molecule has 1 saturated carbocycles. The van der Waals surface area contributed by atoms with E-state index in [4.69, 9.17) is 16.3 Å². The van der Waals surface area contributed by atoms with E-state index in [2.05, 4.69) is 29.2 Å². The summed E-state index contributed by atoms with van der Waals surface area (Å²) in [6, 6.07) is 23.5. The van der Waals surface area contributed by atoms with Crippen LogP contribution in [0.3, 0.4) is 0 Å². The molecule has 1 fully saturated rings. The van der Waals surface area contributed by atoms with Gasteiger partial charge in [0.05, 0.1) is 12.3 Å². The first-order chi connectivity index (χ1) is 19.0. The van der Waals surface area contributed by atoms with Gasteiger partial charge in [0.25, 0.3) is 5.91 Å². The molecule has 3 aromatic rings. The minimum atomic E-state index is -0.0589. The highest BCUT2D eigenvalue weighted by Crippen LogP contribution is 2.35. The van der Waals surface area contributed by atoms with Crippen molar-refractivity contribution in [1.29, 1.82) is 0 Å². The van der Waals surface area contributed by atoms with Crippen LogP contribution in [0.4, 0.5) is 5.69 Å². The molecule has 0 unspecified atom stereocenters. The van der Waals surface area contributed by atoms with Gasteiger partial charge in [0, 0.05) is 55.8 Å². The van der Waals surface area contributed by atoms with Gasteiger partial charge in [-0.15, -0.1) is 0 Å². The summed E-state index contributed by atoms with van der Waals surface area (Å²) in [4.78, 5) is 33.6. The van der Waals surface area contributed by atoms with Gasteiger partial charge in [-0.05, 0) is 67.6 Å². The number of anilines is 1. The standard InChI is InChI=1S/C32H36ClN3O3/c1-2-39-29-11-6-10-26(20-29)31(37)35-19-18-34(22-24-8-4-3-5-9-24)16-7-17-36(32(38)25-12-13-25)30-21-28(33)15-14-27(30)23-35/h3-6,8-11,14-15,20-21,25H,2,7,12-13,16-19,22-23H2,1H3. The van der Waals surface area contributed by atoms with Crippen molar-refractivity contribution in [2.45, 2.75) is 39.3 Å². The molecule has 0 N–H and O–H groups in total. The SMILES string of the molecule is CCOc1cccc(C(=O)N2CCN(Cc3ccccc3)CCCN(C(=O)C3CC3)c3cc(Cl)ccc3C2)c1. The molecule has 3 aromatic carbocycles. The first kappa shape index (κ1) is 27.2.